The van der Waals surface area contributed by atoms with E-state index in [0.29, 0.717) is 18.0 Å². The molecule has 0 spiro atoms. The molecular weight excluding hydrogens is 251 g/mol. The number of piperazine rings is 1. The van der Waals surface area contributed by atoms with Crippen LogP contribution in [0.4, 0.5) is 10.1 Å². The van der Waals surface area contributed by atoms with Crippen molar-refractivity contribution in [2.45, 2.75) is 45.7 Å². The molecule has 2 atom stereocenters. The number of aryl methyl sites for hydroxylation is 1. The largest absolute Gasteiger partial charge is 0.365 e. The lowest BCUT2D eigenvalue weighted by Gasteiger charge is -2.44. The first-order valence-electron chi connectivity index (χ1n) is 7.82. The maximum absolute atomic E-state index is 13.9. The number of nitrogens with one attached hydrogen (secondary N) is 1. The van der Waals surface area contributed by atoms with Crippen molar-refractivity contribution in [1.29, 1.82) is 0 Å². The first kappa shape index (κ1) is 13.9. The first-order valence-corrected chi connectivity index (χ1v) is 7.82. The van der Waals surface area contributed by atoms with Crippen molar-refractivity contribution in [3.05, 3.63) is 29.6 Å². The fourth-order valence-corrected chi connectivity index (χ4v) is 3.26. The van der Waals surface area contributed by atoms with Crippen molar-refractivity contribution in [1.82, 2.24) is 5.32 Å². The zero-order valence-electron chi connectivity index (χ0n) is 12.7. The zero-order valence-corrected chi connectivity index (χ0v) is 12.7. The van der Waals surface area contributed by atoms with Gasteiger partial charge < -0.3 is 10.2 Å². The minimum atomic E-state index is -0.0912. The normalized spacial score (nSPS) is 27.1. The third-order valence-corrected chi connectivity index (χ3v) is 4.83. The number of rotatable bonds is 3. The van der Waals surface area contributed by atoms with E-state index < -0.39 is 0 Å². The summed E-state index contributed by atoms with van der Waals surface area (Å²) in [6, 6.07) is 6.71. The Morgan fingerprint density at radius 1 is 1.30 bits per heavy atom. The van der Waals surface area contributed by atoms with Gasteiger partial charge in [-0.15, -0.1) is 0 Å². The molecule has 0 amide bonds. The number of halogens is 1. The van der Waals surface area contributed by atoms with Crippen LogP contribution >= 0.6 is 0 Å². The number of nitrogens with zero attached hydrogens (tertiary/aromatic N) is 1. The monoisotopic (exact) mass is 276 g/mol. The molecule has 1 aromatic carbocycles. The van der Waals surface area contributed by atoms with E-state index in [1.165, 1.54) is 12.8 Å². The summed E-state index contributed by atoms with van der Waals surface area (Å²) in [7, 11) is 0. The van der Waals surface area contributed by atoms with Gasteiger partial charge in [0.15, 0.2) is 0 Å². The van der Waals surface area contributed by atoms with E-state index in [4.69, 9.17) is 0 Å². The second kappa shape index (κ2) is 5.36. The highest BCUT2D eigenvalue weighted by atomic mass is 19.1. The first-order chi connectivity index (χ1) is 9.56. The van der Waals surface area contributed by atoms with E-state index in [-0.39, 0.29) is 5.82 Å². The van der Waals surface area contributed by atoms with Crippen LogP contribution in [0.1, 0.15) is 32.3 Å². The SMILES string of the molecule is Cc1ccc(N2CC(C3CC3)NCC2C(C)C)cc1F. The molecule has 20 heavy (non-hydrogen) atoms. The molecule has 1 aliphatic carbocycles. The summed E-state index contributed by atoms with van der Waals surface area (Å²) >= 11 is 0. The molecule has 2 aliphatic rings. The third kappa shape index (κ3) is 2.69. The average Bonchev–Trinajstić information content (AvgIpc) is 3.25. The van der Waals surface area contributed by atoms with Gasteiger partial charge in [0.1, 0.15) is 5.82 Å². The van der Waals surface area contributed by atoms with Crippen molar-refractivity contribution in [2.75, 3.05) is 18.0 Å². The fourth-order valence-electron chi connectivity index (χ4n) is 3.26. The molecule has 3 rings (SSSR count). The van der Waals surface area contributed by atoms with Crippen LogP contribution in [0, 0.1) is 24.6 Å². The van der Waals surface area contributed by atoms with E-state index in [2.05, 4.69) is 30.1 Å². The van der Waals surface area contributed by atoms with Crippen molar-refractivity contribution in [3.8, 4) is 0 Å². The highest BCUT2D eigenvalue weighted by molar-refractivity contribution is 5.50. The molecule has 0 aromatic heterocycles. The number of anilines is 1. The van der Waals surface area contributed by atoms with Crippen LogP contribution in [0.5, 0.6) is 0 Å². The summed E-state index contributed by atoms with van der Waals surface area (Å²) in [5, 5.41) is 3.70. The Bertz CT molecular complexity index is 482. The molecule has 0 bridgehead atoms. The molecule has 1 aliphatic heterocycles. The molecule has 2 fully saturated rings. The number of hydrogen-bond acceptors (Lipinski definition) is 2. The average molecular weight is 276 g/mol. The molecule has 1 heterocycles. The summed E-state index contributed by atoms with van der Waals surface area (Å²) in [5.74, 6) is 1.31. The second-order valence-corrected chi connectivity index (χ2v) is 6.75. The van der Waals surface area contributed by atoms with E-state index in [9.17, 15) is 4.39 Å². The lowest BCUT2D eigenvalue weighted by atomic mass is 9.96. The molecule has 2 nitrogen and oxygen atoms in total. The Morgan fingerprint density at radius 3 is 2.65 bits per heavy atom. The van der Waals surface area contributed by atoms with E-state index in [1.807, 2.05) is 13.0 Å². The molecule has 3 heteroatoms. The molecule has 110 valence electrons. The molecule has 0 radical (unpaired) electrons. The van der Waals surface area contributed by atoms with Crippen LogP contribution in [0.15, 0.2) is 18.2 Å². The van der Waals surface area contributed by atoms with Crippen LogP contribution in [-0.4, -0.2) is 25.2 Å². The van der Waals surface area contributed by atoms with Crippen LogP contribution in [0.3, 0.4) is 0 Å². The predicted octanol–water partition coefficient (Wildman–Crippen LogP) is 3.35. The maximum Gasteiger partial charge on any atom is 0.128 e. The van der Waals surface area contributed by atoms with Crippen molar-refractivity contribution in [3.63, 3.8) is 0 Å². The Labute approximate surface area is 121 Å². The van der Waals surface area contributed by atoms with Gasteiger partial charge in [-0.25, -0.2) is 4.39 Å². The summed E-state index contributed by atoms with van der Waals surface area (Å²) in [6.07, 6.45) is 2.69. The van der Waals surface area contributed by atoms with Crippen molar-refractivity contribution >= 4 is 5.69 Å². The minimum absolute atomic E-state index is 0.0912. The van der Waals surface area contributed by atoms with Crippen LogP contribution in [-0.2, 0) is 0 Å². The molecule has 1 saturated carbocycles. The summed E-state index contributed by atoms with van der Waals surface area (Å²) in [6.45, 7) is 8.34. The zero-order chi connectivity index (χ0) is 14.3. The Kier molecular flexibility index (Phi) is 3.72. The van der Waals surface area contributed by atoms with Crippen LogP contribution < -0.4 is 10.2 Å². The molecule has 1 aromatic rings. The maximum atomic E-state index is 13.9. The smallest absolute Gasteiger partial charge is 0.128 e. The van der Waals surface area contributed by atoms with Gasteiger partial charge >= 0.3 is 0 Å². The quantitative estimate of drug-likeness (QED) is 0.911. The molecule has 2 unspecified atom stereocenters. The standard InChI is InChI=1S/C17H25FN2/c1-11(2)17-9-19-16(13-5-6-13)10-20(17)14-7-4-12(3)15(18)8-14/h4,7-8,11,13,16-17,19H,5-6,9-10H2,1-3H3. The molecule has 1 saturated heterocycles. The third-order valence-electron chi connectivity index (χ3n) is 4.83. The van der Waals surface area contributed by atoms with Gasteiger partial charge in [-0.05, 0) is 49.3 Å². The Morgan fingerprint density at radius 2 is 2.05 bits per heavy atom. The highest BCUT2D eigenvalue weighted by Gasteiger charge is 2.38. The molecule has 1 N–H and O–H groups in total. The van der Waals surface area contributed by atoms with Gasteiger partial charge in [0.25, 0.3) is 0 Å². The van der Waals surface area contributed by atoms with Gasteiger partial charge in [-0.2, -0.15) is 0 Å². The fraction of sp³-hybridized carbons (Fsp3) is 0.647. The van der Waals surface area contributed by atoms with Gasteiger partial charge in [0, 0.05) is 30.9 Å². The van der Waals surface area contributed by atoms with Gasteiger partial charge in [-0.1, -0.05) is 19.9 Å². The van der Waals surface area contributed by atoms with Crippen molar-refractivity contribution in [2.24, 2.45) is 11.8 Å². The second-order valence-electron chi connectivity index (χ2n) is 6.75. The summed E-state index contributed by atoms with van der Waals surface area (Å²) in [4.78, 5) is 2.42. The van der Waals surface area contributed by atoms with E-state index in [1.54, 1.807) is 6.07 Å². The number of hydrogen-bond donors (Lipinski definition) is 1. The van der Waals surface area contributed by atoms with Gasteiger partial charge in [-0.3, -0.25) is 0 Å². The van der Waals surface area contributed by atoms with E-state index in [0.717, 1.165) is 30.3 Å². The van der Waals surface area contributed by atoms with Crippen molar-refractivity contribution < 1.29 is 4.39 Å². The topological polar surface area (TPSA) is 15.3 Å². The van der Waals surface area contributed by atoms with E-state index >= 15 is 0 Å². The predicted molar refractivity (Wildman–Crippen MR) is 81.6 cm³/mol. The molecular formula is C17H25FN2. The summed E-state index contributed by atoms with van der Waals surface area (Å²) < 4.78 is 13.9. The lowest BCUT2D eigenvalue weighted by Crippen LogP contribution is -2.59. The number of benzene rings is 1. The van der Waals surface area contributed by atoms with Gasteiger partial charge in [0.2, 0.25) is 0 Å². The van der Waals surface area contributed by atoms with Crippen LogP contribution in [0.2, 0.25) is 0 Å². The summed E-state index contributed by atoms with van der Waals surface area (Å²) in [5.41, 5.74) is 1.77. The Balaban J connectivity index is 1.85. The Hall–Kier alpha value is -1.09. The van der Waals surface area contributed by atoms with Gasteiger partial charge in [0.05, 0.1) is 0 Å². The lowest BCUT2D eigenvalue weighted by molar-refractivity contribution is 0.320. The van der Waals surface area contributed by atoms with Crippen LogP contribution in [0.25, 0.3) is 0 Å². The highest BCUT2D eigenvalue weighted by Crippen LogP contribution is 2.36. The minimum Gasteiger partial charge on any atom is -0.365 e.